The van der Waals surface area contributed by atoms with Crippen LogP contribution in [-0.4, -0.2) is 76.9 Å². The van der Waals surface area contributed by atoms with Gasteiger partial charge in [-0.1, -0.05) is 101 Å². The van der Waals surface area contributed by atoms with E-state index in [-0.39, 0.29) is 41.5 Å². The molecule has 0 radical (unpaired) electrons. The minimum absolute atomic E-state index is 0.0233. The van der Waals surface area contributed by atoms with E-state index in [1.807, 2.05) is 63.2 Å². The molecule has 10 rings (SSSR count). The zero-order chi connectivity index (χ0) is 40.4. The third-order valence-corrected chi connectivity index (χ3v) is 18.2. The van der Waals surface area contributed by atoms with Crippen LogP contribution in [0.25, 0.3) is 11.1 Å². The molecule has 1 unspecified atom stereocenters. The lowest BCUT2D eigenvalue weighted by Crippen LogP contribution is -2.68. The number of hydrogen-bond donors (Lipinski definition) is 2. The molecule has 4 saturated carbocycles. The van der Waals surface area contributed by atoms with Crippen molar-refractivity contribution in [3.63, 3.8) is 0 Å². The normalized spacial score (nSPS) is 41.9. The Kier molecular flexibility index (Phi) is 8.67. The van der Waals surface area contributed by atoms with Crippen LogP contribution in [0, 0.1) is 44.3 Å². The van der Waals surface area contributed by atoms with Gasteiger partial charge in [0.05, 0.1) is 23.7 Å². The first-order valence-electron chi connectivity index (χ1n) is 21.5. The maximum absolute atomic E-state index is 15.2. The maximum Gasteiger partial charge on any atom is 0.313 e. The number of benzene rings is 2. The highest BCUT2D eigenvalue weighted by Crippen LogP contribution is 2.78. The summed E-state index contributed by atoms with van der Waals surface area (Å²) >= 11 is 0. The van der Waals surface area contributed by atoms with Crippen molar-refractivity contribution in [2.24, 2.45) is 44.3 Å². The fourth-order valence-corrected chi connectivity index (χ4v) is 14.1. The molecule has 2 spiro atoms. The Labute approximate surface area is 338 Å². The Hall–Kier alpha value is -3.59. The highest BCUT2D eigenvalue weighted by atomic mass is 16.6. The molecule has 5 fully saturated rings. The third kappa shape index (κ3) is 4.87. The Morgan fingerprint density at radius 3 is 2.18 bits per heavy atom. The van der Waals surface area contributed by atoms with Crippen molar-refractivity contribution in [1.82, 2.24) is 4.90 Å². The summed E-state index contributed by atoms with van der Waals surface area (Å²) in [5, 5.41) is 24.4. The fourth-order valence-electron chi connectivity index (χ4n) is 14.1. The first-order chi connectivity index (χ1) is 27.0. The molecule has 2 N–H and O–H groups in total. The second kappa shape index (κ2) is 12.7. The summed E-state index contributed by atoms with van der Waals surface area (Å²) in [6, 6.07) is 18.2. The molecule has 57 heavy (non-hydrogen) atoms. The van der Waals surface area contributed by atoms with E-state index in [2.05, 4.69) is 44.2 Å². The number of esters is 1. The first-order valence-corrected chi connectivity index (χ1v) is 21.5. The Morgan fingerprint density at radius 2 is 1.51 bits per heavy atom. The minimum Gasteiger partial charge on any atom is -0.448 e. The van der Waals surface area contributed by atoms with Gasteiger partial charge < -0.3 is 24.6 Å². The van der Waals surface area contributed by atoms with Gasteiger partial charge in [-0.05, 0) is 99.5 Å². The van der Waals surface area contributed by atoms with Crippen LogP contribution >= 0.6 is 0 Å². The number of aliphatic hydroxyl groups is 2. The van der Waals surface area contributed by atoms with E-state index in [4.69, 9.17) is 9.47 Å². The predicted octanol–water partition coefficient (Wildman–Crippen LogP) is 8.11. The number of ketones is 1. The number of allylic oxidation sites excluding steroid dienone is 4. The van der Waals surface area contributed by atoms with Crippen LogP contribution in [0.5, 0.6) is 0 Å². The molecular weight excluding hydrogens is 715 g/mol. The number of ether oxygens (including phenoxy) is 2. The summed E-state index contributed by atoms with van der Waals surface area (Å²) in [6.07, 6.45) is 13.2. The fraction of sp³-hybridized carbons (Fsp3) is 0.612. The standard InChI is InChI=1S/C49H61NO7/c1-42(2)45(5)23-26-49(42,57-41(45)54)40(53)50(27-10-28-56-6)31-47(55)22-19-38-44(47,4)21-18-37-43(3)20-17-35(51)29-46(43)24-25-48(37,38)36(30-46)39(52)34-15-13-33(14-16-34)32-11-8-7-9-12-32/h7-9,11-16,24-25,30,35,37-38,51,55H,10,17-23,26-29,31H2,1-6H3/t35?,37-,38-,43-,44+,45+,46+,47-,48-,49-/m1/s1. The molecule has 1 saturated heterocycles. The summed E-state index contributed by atoms with van der Waals surface area (Å²) in [5.74, 6) is -0.407. The minimum atomic E-state index is -1.28. The molecule has 7 aliphatic carbocycles. The number of Topliss-reactive ketones (excluding diaryl/α,β-unsaturated/α-hetero) is 1. The molecule has 10 atom stereocenters. The van der Waals surface area contributed by atoms with Crippen molar-refractivity contribution in [3.8, 4) is 11.1 Å². The van der Waals surface area contributed by atoms with Crippen molar-refractivity contribution in [3.05, 3.63) is 84.0 Å². The molecule has 2 aromatic rings. The van der Waals surface area contributed by atoms with E-state index in [1.54, 1.807) is 12.0 Å². The molecular formula is C49H61NO7. The van der Waals surface area contributed by atoms with Gasteiger partial charge in [-0.15, -0.1) is 0 Å². The summed E-state index contributed by atoms with van der Waals surface area (Å²) in [6.45, 7) is 11.5. The summed E-state index contributed by atoms with van der Waals surface area (Å²) in [4.78, 5) is 45.3. The number of methoxy groups -OCH3 is 1. The van der Waals surface area contributed by atoms with E-state index >= 15 is 9.59 Å². The molecule has 8 aliphatic rings. The predicted molar refractivity (Wildman–Crippen MR) is 218 cm³/mol. The van der Waals surface area contributed by atoms with Gasteiger partial charge in [0.1, 0.15) is 0 Å². The zero-order valence-electron chi connectivity index (χ0n) is 34.7. The van der Waals surface area contributed by atoms with Gasteiger partial charge in [0, 0.05) is 53.1 Å². The summed E-state index contributed by atoms with van der Waals surface area (Å²) < 4.78 is 11.6. The SMILES string of the molecule is COCCCN(C[C@]1(O)CC[C@H]2[C@]34C=C[C@@]5(C=C3C(=O)c3ccc(-c6ccccc6)cc3)CC(O)CC[C@]5(C)[C@H]4CC[C@@]21C)C(=O)[C@@]12CC[C@@](C)(C(=O)O1)C2(C)C. The number of fused-ring (bicyclic) bond motifs is 3. The molecule has 8 heteroatoms. The molecule has 1 aliphatic heterocycles. The van der Waals surface area contributed by atoms with Gasteiger partial charge in [-0.2, -0.15) is 0 Å². The van der Waals surface area contributed by atoms with Crippen LogP contribution in [0.15, 0.2) is 78.4 Å². The Balaban J connectivity index is 1.10. The lowest BCUT2D eigenvalue weighted by atomic mass is 9.32. The number of aliphatic hydroxyl groups excluding tert-OH is 1. The maximum atomic E-state index is 15.2. The number of amides is 1. The molecule has 1 amide bonds. The van der Waals surface area contributed by atoms with Crippen LogP contribution in [0.4, 0.5) is 0 Å². The lowest BCUT2D eigenvalue weighted by Gasteiger charge is -2.71. The van der Waals surface area contributed by atoms with Crippen LogP contribution in [-0.2, 0) is 19.1 Å². The monoisotopic (exact) mass is 775 g/mol. The van der Waals surface area contributed by atoms with Gasteiger partial charge >= 0.3 is 5.97 Å². The van der Waals surface area contributed by atoms with E-state index in [1.165, 1.54) is 0 Å². The molecule has 8 nitrogen and oxygen atoms in total. The first kappa shape index (κ1) is 38.9. The van der Waals surface area contributed by atoms with Gasteiger partial charge in [0.2, 0.25) is 0 Å². The number of hydrogen-bond acceptors (Lipinski definition) is 7. The molecule has 4 bridgehead atoms. The number of carbonyl (C=O) groups excluding carboxylic acids is 3. The molecule has 1 heterocycles. The van der Waals surface area contributed by atoms with E-state index < -0.39 is 44.4 Å². The number of nitrogens with zero attached hydrogens (tertiary/aromatic N) is 1. The summed E-state index contributed by atoms with van der Waals surface area (Å²) in [7, 11) is 1.65. The molecule has 0 aromatic heterocycles. The average molecular weight is 776 g/mol. The van der Waals surface area contributed by atoms with Gasteiger partial charge in [0.15, 0.2) is 11.4 Å². The number of carbonyl (C=O) groups is 3. The lowest BCUT2D eigenvalue weighted by molar-refractivity contribution is -0.187. The Morgan fingerprint density at radius 1 is 0.842 bits per heavy atom. The van der Waals surface area contributed by atoms with Crippen LogP contribution in [0.3, 0.4) is 0 Å². The van der Waals surface area contributed by atoms with E-state index in [0.29, 0.717) is 57.2 Å². The van der Waals surface area contributed by atoms with Crippen LogP contribution < -0.4 is 0 Å². The van der Waals surface area contributed by atoms with Gasteiger partial charge in [-0.25, -0.2) is 0 Å². The molecule has 304 valence electrons. The van der Waals surface area contributed by atoms with Crippen molar-refractivity contribution in [1.29, 1.82) is 0 Å². The molecule has 2 aromatic carbocycles. The quantitative estimate of drug-likeness (QED) is 0.109. The zero-order valence-corrected chi connectivity index (χ0v) is 34.7. The third-order valence-electron chi connectivity index (χ3n) is 18.2. The van der Waals surface area contributed by atoms with E-state index in [9.17, 15) is 15.0 Å². The largest absolute Gasteiger partial charge is 0.448 e. The van der Waals surface area contributed by atoms with Gasteiger partial charge in [-0.3, -0.25) is 14.4 Å². The Bertz CT molecular complexity index is 2060. The van der Waals surface area contributed by atoms with Crippen molar-refractivity contribution < 1.29 is 34.1 Å². The van der Waals surface area contributed by atoms with Crippen molar-refractivity contribution >= 4 is 17.7 Å². The highest BCUT2D eigenvalue weighted by molar-refractivity contribution is 6.10. The van der Waals surface area contributed by atoms with Crippen LogP contribution in [0.1, 0.15) is 109 Å². The summed E-state index contributed by atoms with van der Waals surface area (Å²) in [5.41, 5.74) is -2.21. The number of rotatable bonds is 10. The van der Waals surface area contributed by atoms with Crippen molar-refractivity contribution in [2.75, 3.05) is 26.8 Å². The highest BCUT2D eigenvalue weighted by Gasteiger charge is 2.78. The van der Waals surface area contributed by atoms with Gasteiger partial charge in [0.25, 0.3) is 5.91 Å². The smallest absolute Gasteiger partial charge is 0.313 e. The topological polar surface area (TPSA) is 113 Å². The van der Waals surface area contributed by atoms with Crippen LogP contribution in [0.2, 0.25) is 0 Å². The average Bonchev–Trinajstić information content (AvgIpc) is 3.65. The van der Waals surface area contributed by atoms with Crippen molar-refractivity contribution in [2.45, 2.75) is 116 Å². The second-order valence-corrected chi connectivity index (χ2v) is 20.3. The second-order valence-electron chi connectivity index (χ2n) is 20.3. The van der Waals surface area contributed by atoms with E-state index in [0.717, 1.165) is 42.4 Å².